The van der Waals surface area contributed by atoms with Gasteiger partial charge < -0.3 is 14.4 Å². The lowest BCUT2D eigenvalue weighted by Crippen LogP contribution is -2.41. The third-order valence-electron chi connectivity index (χ3n) is 3.08. The van der Waals surface area contributed by atoms with Gasteiger partial charge in [0, 0.05) is 20.0 Å². The van der Waals surface area contributed by atoms with Gasteiger partial charge in [0.05, 0.1) is 13.2 Å². The topological polar surface area (TPSA) is 79.6 Å². The summed E-state index contributed by atoms with van der Waals surface area (Å²) in [6, 6.07) is 8.59. The first-order valence-electron chi connectivity index (χ1n) is 6.87. The van der Waals surface area contributed by atoms with E-state index >= 15 is 0 Å². The Morgan fingerprint density at radius 1 is 1.36 bits per heavy atom. The molecule has 1 heterocycles. The molecule has 0 spiro atoms. The molecule has 114 valence electrons. The molecule has 0 unspecified atom stereocenters. The van der Waals surface area contributed by atoms with Gasteiger partial charge in [-0.25, -0.2) is 0 Å². The average molecular weight is 300 g/mol. The van der Waals surface area contributed by atoms with Gasteiger partial charge in [0.1, 0.15) is 17.4 Å². The molecule has 6 nitrogen and oxygen atoms in total. The average Bonchev–Trinajstić information content (AvgIpc) is 2.52. The van der Waals surface area contributed by atoms with Crippen molar-refractivity contribution < 1.29 is 19.1 Å². The van der Waals surface area contributed by atoms with Crippen molar-refractivity contribution in [3.8, 4) is 11.8 Å². The molecule has 6 heteroatoms. The van der Waals surface area contributed by atoms with Gasteiger partial charge in [-0.1, -0.05) is 12.1 Å². The standard InChI is InChI=1S/C16H16N2O4/c1-12(19)22-15-4-2-3-13(10-15)9-14(11-17)16(20)18-5-7-21-8-6-18/h2-4,9-10H,5-8H2,1H3/b14-9+. The van der Waals surface area contributed by atoms with E-state index in [9.17, 15) is 14.9 Å². The number of hydrogen-bond donors (Lipinski definition) is 0. The van der Waals surface area contributed by atoms with Crippen molar-refractivity contribution in [2.75, 3.05) is 26.3 Å². The van der Waals surface area contributed by atoms with Crippen LogP contribution in [0.15, 0.2) is 29.8 Å². The fourth-order valence-electron chi connectivity index (χ4n) is 2.08. The van der Waals surface area contributed by atoms with Crippen LogP contribution in [0.2, 0.25) is 0 Å². The van der Waals surface area contributed by atoms with Gasteiger partial charge in [-0.3, -0.25) is 9.59 Å². The lowest BCUT2D eigenvalue weighted by Gasteiger charge is -2.26. The molecular formula is C16H16N2O4. The summed E-state index contributed by atoms with van der Waals surface area (Å²) in [6.45, 7) is 3.22. The summed E-state index contributed by atoms with van der Waals surface area (Å²) in [4.78, 5) is 24.8. The zero-order valence-electron chi connectivity index (χ0n) is 12.2. The highest BCUT2D eigenvalue weighted by molar-refractivity contribution is 6.01. The number of hydrogen-bond acceptors (Lipinski definition) is 5. The highest BCUT2D eigenvalue weighted by Crippen LogP contribution is 2.17. The van der Waals surface area contributed by atoms with Crippen LogP contribution in [-0.2, 0) is 14.3 Å². The van der Waals surface area contributed by atoms with Gasteiger partial charge in [-0.15, -0.1) is 0 Å². The number of rotatable bonds is 3. The Morgan fingerprint density at radius 3 is 2.73 bits per heavy atom. The summed E-state index contributed by atoms with van der Waals surface area (Å²) < 4.78 is 10.2. The number of benzene rings is 1. The summed E-state index contributed by atoms with van der Waals surface area (Å²) in [6.07, 6.45) is 1.49. The van der Waals surface area contributed by atoms with Crippen LogP contribution in [0.25, 0.3) is 6.08 Å². The van der Waals surface area contributed by atoms with Crippen molar-refractivity contribution in [1.29, 1.82) is 5.26 Å². The van der Waals surface area contributed by atoms with Gasteiger partial charge in [0.2, 0.25) is 0 Å². The maximum absolute atomic E-state index is 12.3. The van der Waals surface area contributed by atoms with E-state index in [0.29, 0.717) is 37.6 Å². The number of nitrogens with zero attached hydrogens (tertiary/aromatic N) is 2. The van der Waals surface area contributed by atoms with E-state index < -0.39 is 5.97 Å². The van der Waals surface area contributed by atoms with Crippen molar-refractivity contribution >= 4 is 18.0 Å². The Hall–Kier alpha value is -2.65. The predicted molar refractivity (Wildman–Crippen MR) is 78.7 cm³/mol. The van der Waals surface area contributed by atoms with E-state index in [4.69, 9.17) is 9.47 Å². The third kappa shape index (κ3) is 4.17. The molecule has 1 aliphatic heterocycles. The Morgan fingerprint density at radius 2 is 2.09 bits per heavy atom. The molecule has 0 radical (unpaired) electrons. The smallest absolute Gasteiger partial charge is 0.308 e. The van der Waals surface area contributed by atoms with Crippen LogP contribution < -0.4 is 4.74 Å². The van der Waals surface area contributed by atoms with Gasteiger partial charge in [0.25, 0.3) is 5.91 Å². The molecule has 2 rings (SSSR count). The van der Waals surface area contributed by atoms with Crippen LogP contribution in [0.4, 0.5) is 0 Å². The number of carbonyl (C=O) groups excluding carboxylic acids is 2. The van der Waals surface area contributed by atoms with Crippen LogP contribution in [0.3, 0.4) is 0 Å². The minimum atomic E-state index is -0.425. The molecule has 1 amide bonds. The van der Waals surface area contributed by atoms with E-state index in [1.807, 2.05) is 6.07 Å². The Bertz CT molecular complexity index is 640. The van der Waals surface area contributed by atoms with Crippen LogP contribution in [0, 0.1) is 11.3 Å². The largest absolute Gasteiger partial charge is 0.427 e. The van der Waals surface area contributed by atoms with Crippen molar-refractivity contribution in [3.05, 3.63) is 35.4 Å². The quantitative estimate of drug-likeness (QED) is 0.364. The zero-order valence-corrected chi connectivity index (χ0v) is 12.2. The number of nitriles is 1. The summed E-state index contributed by atoms with van der Waals surface area (Å²) >= 11 is 0. The lowest BCUT2D eigenvalue weighted by molar-refractivity contribution is -0.132. The molecule has 0 saturated carbocycles. The van der Waals surface area contributed by atoms with Gasteiger partial charge in [-0.05, 0) is 23.8 Å². The number of esters is 1. The second-order valence-corrected chi connectivity index (χ2v) is 4.74. The normalized spacial score (nSPS) is 15.1. The maximum Gasteiger partial charge on any atom is 0.308 e. The van der Waals surface area contributed by atoms with Crippen LogP contribution in [-0.4, -0.2) is 43.1 Å². The van der Waals surface area contributed by atoms with Gasteiger partial charge in [0.15, 0.2) is 0 Å². The van der Waals surface area contributed by atoms with Crippen molar-refractivity contribution in [3.63, 3.8) is 0 Å². The van der Waals surface area contributed by atoms with E-state index in [1.54, 1.807) is 29.2 Å². The molecule has 0 bridgehead atoms. The molecule has 1 aromatic carbocycles. The number of morpholine rings is 1. The van der Waals surface area contributed by atoms with Crippen molar-refractivity contribution in [1.82, 2.24) is 4.90 Å². The molecule has 0 atom stereocenters. The molecule has 0 N–H and O–H groups in total. The number of carbonyl (C=O) groups is 2. The molecule has 1 aromatic rings. The summed E-state index contributed by atoms with van der Waals surface area (Å²) in [5, 5.41) is 9.22. The van der Waals surface area contributed by atoms with Crippen LogP contribution in [0.1, 0.15) is 12.5 Å². The van der Waals surface area contributed by atoms with Crippen molar-refractivity contribution in [2.24, 2.45) is 0 Å². The minimum Gasteiger partial charge on any atom is -0.427 e. The lowest BCUT2D eigenvalue weighted by atomic mass is 10.1. The van der Waals surface area contributed by atoms with E-state index in [0.717, 1.165) is 0 Å². The zero-order chi connectivity index (χ0) is 15.9. The van der Waals surface area contributed by atoms with Crippen molar-refractivity contribution in [2.45, 2.75) is 6.92 Å². The fourth-order valence-corrected chi connectivity index (χ4v) is 2.08. The second-order valence-electron chi connectivity index (χ2n) is 4.74. The van der Waals surface area contributed by atoms with Crippen LogP contribution in [0.5, 0.6) is 5.75 Å². The van der Waals surface area contributed by atoms with E-state index in [1.165, 1.54) is 13.0 Å². The molecule has 1 aliphatic rings. The highest BCUT2D eigenvalue weighted by atomic mass is 16.5. The Labute approximate surface area is 128 Å². The summed E-state index contributed by atoms with van der Waals surface area (Å²) in [5.74, 6) is -0.368. The van der Waals surface area contributed by atoms with Gasteiger partial charge >= 0.3 is 5.97 Å². The SMILES string of the molecule is CC(=O)Oc1cccc(/C=C(\C#N)C(=O)N2CCOCC2)c1. The first kappa shape index (κ1) is 15.7. The molecule has 0 aromatic heterocycles. The molecular weight excluding hydrogens is 284 g/mol. The number of ether oxygens (including phenoxy) is 2. The Balaban J connectivity index is 2.19. The predicted octanol–water partition coefficient (Wildman–Crippen LogP) is 1.38. The third-order valence-corrected chi connectivity index (χ3v) is 3.08. The van der Waals surface area contributed by atoms with Gasteiger partial charge in [-0.2, -0.15) is 5.26 Å². The fraction of sp³-hybridized carbons (Fsp3) is 0.312. The monoisotopic (exact) mass is 300 g/mol. The number of amides is 1. The highest BCUT2D eigenvalue weighted by Gasteiger charge is 2.20. The second kappa shape index (κ2) is 7.38. The minimum absolute atomic E-state index is 0.0434. The first-order valence-corrected chi connectivity index (χ1v) is 6.87. The maximum atomic E-state index is 12.3. The molecule has 0 aliphatic carbocycles. The van der Waals surface area contributed by atoms with E-state index in [-0.39, 0.29) is 11.5 Å². The van der Waals surface area contributed by atoms with E-state index in [2.05, 4.69) is 0 Å². The first-order chi connectivity index (χ1) is 10.6. The molecule has 1 saturated heterocycles. The summed E-state index contributed by atoms with van der Waals surface area (Å²) in [5.41, 5.74) is 0.666. The summed E-state index contributed by atoms with van der Waals surface area (Å²) in [7, 11) is 0. The molecule has 22 heavy (non-hydrogen) atoms. The molecule has 1 fully saturated rings. The van der Waals surface area contributed by atoms with Crippen LogP contribution >= 0.6 is 0 Å². The Kier molecular flexibility index (Phi) is 5.28.